The number of hydrogen-bond acceptors (Lipinski definition) is 4. The zero-order chi connectivity index (χ0) is 16.7. The van der Waals surface area contributed by atoms with E-state index >= 15 is 0 Å². The fraction of sp³-hybridized carbons (Fsp3) is 0.250. The number of ether oxygens (including phenoxy) is 1. The molecule has 122 valence electrons. The summed E-state index contributed by atoms with van der Waals surface area (Å²) in [4.78, 5) is 4.66. The first-order valence-corrected chi connectivity index (χ1v) is 8.89. The molecule has 0 saturated carbocycles. The summed E-state index contributed by atoms with van der Waals surface area (Å²) in [5, 5.41) is 14.2. The topological polar surface area (TPSA) is 41.8 Å². The monoisotopic (exact) mass is 337 g/mol. The van der Waals surface area contributed by atoms with Gasteiger partial charge in [0.2, 0.25) is 5.90 Å². The van der Waals surface area contributed by atoms with Crippen LogP contribution in [0.15, 0.2) is 58.9 Å². The molecule has 2 aromatic carbocycles. The zero-order valence-electron chi connectivity index (χ0n) is 13.7. The van der Waals surface area contributed by atoms with Crippen molar-refractivity contribution in [3.63, 3.8) is 0 Å². The second-order valence-electron chi connectivity index (χ2n) is 6.70. The second-order valence-corrected chi connectivity index (χ2v) is 7.61. The summed E-state index contributed by atoms with van der Waals surface area (Å²) in [5.41, 5.74) is 2.41. The van der Waals surface area contributed by atoms with Crippen molar-refractivity contribution in [2.24, 2.45) is 4.99 Å². The lowest BCUT2D eigenvalue weighted by molar-refractivity contribution is 0.221. The van der Waals surface area contributed by atoms with Gasteiger partial charge in [0.1, 0.15) is 12.7 Å². The maximum absolute atomic E-state index is 11.0. The third-order valence-electron chi connectivity index (χ3n) is 4.26. The molecule has 2 heterocycles. The van der Waals surface area contributed by atoms with E-state index in [2.05, 4.69) is 17.1 Å². The van der Waals surface area contributed by atoms with Gasteiger partial charge >= 0.3 is 0 Å². The molecule has 1 aromatic heterocycles. The number of hydrogen-bond donors (Lipinski definition) is 1. The summed E-state index contributed by atoms with van der Waals surface area (Å²) in [6.07, 6.45) is -0.702. The molecule has 0 fully saturated rings. The van der Waals surface area contributed by atoms with Gasteiger partial charge in [0.05, 0.1) is 5.54 Å². The number of rotatable bonds is 3. The minimum Gasteiger partial charge on any atom is -0.475 e. The highest BCUT2D eigenvalue weighted by molar-refractivity contribution is 7.17. The summed E-state index contributed by atoms with van der Waals surface area (Å²) in [6, 6.07) is 16.0. The van der Waals surface area contributed by atoms with E-state index in [-0.39, 0.29) is 5.54 Å². The standard InChI is InChI=1S/C20H19NO2S/c1-20(2)12-23-19(21-20)15-9-4-3-8-14(15)18(22)16-11-24-17-10-6-5-7-13(16)17/h3-11,18,22H,12H2,1-2H3. The fourth-order valence-corrected chi connectivity index (χ4v) is 4.01. The molecule has 1 aliphatic heterocycles. The highest BCUT2D eigenvalue weighted by Gasteiger charge is 2.29. The lowest BCUT2D eigenvalue weighted by atomic mass is 9.96. The second kappa shape index (κ2) is 5.72. The Morgan fingerprint density at radius 2 is 1.83 bits per heavy atom. The molecule has 0 spiro atoms. The molecule has 3 nitrogen and oxygen atoms in total. The molecule has 0 saturated heterocycles. The molecule has 0 aliphatic carbocycles. The molecular formula is C20H19NO2S. The summed E-state index contributed by atoms with van der Waals surface area (Å²) in [5.74, 6) is 0.620. The van der Waals surface area contributed by atoms with Crippen molar-refractivity contribution in [1.29, 1.82) is 0 Å². The van der Waals surface area contributed by atoms with E-state index in [0.29, 0.717) is 12.5 Å². The average Bonchev–Trinajstić information content (AvgIpc) is 3.17. The SMILES string of the molecule is CC1(C)COC(c2ccccc2C(O)c2csc3ccccc23)=N1. The largest absolute Gasteiger partial charge is 0.475 e. The molecule has 1 atom stereocenters. The number of thiophene rings is 1. The molecule has 4 rings (SSSR count). The van der Waals surface area contributed by atoms with Gasteiger partial charge in [-0.1, -0.05) is 36.4 Å². The Bertz CT molecular complexity index is 926. The van der Waals surface area contributed by atoms with Crippen molar-refractivity contribution in [3.05, 3.63) is 70.6 Å². The minimum atomic E-state index is -0.702. The van der Waals surface area contributed by atoms with Crippen LogP contribution in [0.3, 0.4) is 0 Å². The van der Waals surface area contributed by atoms with E-state index < -0.39 is 6.10 Å². The first-order chi connectivity index (χ1) is 11.6. The maximum atomic E-state index is 11.0. The summed E-state index contributed by atoms with van der Waals surface area (Å²) < 4.78 is 6.97. The Labute approximate surface area is 145 Å². The van der Waals surface area contributed by atoms with Gasteiger partial charge in [-0.05, 0) is 42.3 Å². The molecule has 24 heavy (non-hydrogen) atoms. The van der Waals surface area contributed by atoms with Gasteiger partial charge in [-0.3, -0.25) is 0 Å². The van der Waals surface area contributed by atoms with Crippen molar-refractivity contribution >= 4 is 27.3 Å². The van der Waals surface area contributed by atoms with Gasteiger partial charge in [-0.15, -0.1) is 11.3 Å². The van der Waals surface area contributed by atoms with Crippen LogP contribution in [-0.4, -0.2) is 23.2 Å². The number of benzene rings is 2. The number of nitrogens with zero attached hydrogens (tertiary/aromatic N) is 1. The van der Waals surface area contributed by atoms with Gasteiger partial charge in [0.25, 0.3) is 0 Å². The summed E-state index contributed by atoms with van der Waals surface area (Å²) >= 11 is 1.65. The highest BCUT2D eigenvalue weighted by Crippen LogP contribution is 2.35. The molecular weight excluding hydrogens is 318 g/mol. The van der Waals surface area contributed by atoms with Crippen LogP contribution in [0.1, 0.15) is 36.6 Å². The number of aliphatic imine (C=N–C) groups is 1. The quantitative estimate of drug-likeness (QED) is 0.762. The van der Waals surface area contributed by atoms with Gasteiger partial charge in [-0.2, -0.15) is 0 Å². The van der Waals surface area contributed by atoms with E-state index in [1.165, 1.54) is 4.70 Å². The molecule has 1 N–H and O–H groups in total. The third kappa shape index (κ3) is 2.62. The number of aliphatic hydroxyl groups is 1. The molecule has 0 bridgehead atoms. The van der Waals surface area contributed by atoms with Crippen molar-refractivity contribution < 1.29 is 9.84 Å². The van der Waals surface area contributed by atoms with Gasteiger partial charge in [0, 0.05) is 15.8 Å². The first-order valence-electron chi connectivity index (χ1n) is 8.01. The van der Waals surface area contributed by atoms with E-state index in [1.54, 1.807) is 11.3 Å². The molecule has 1 unspecified atom stereocenters. The molecule has 0 amide bonds. The Morgan fingerprint density at radius 1 is 1.08 bits per heavy atom. The predicted molar refractivity (Wildman–Crippen MR) is 98.9 cm³/mol. The van der Waals surface area contributed by atoms with E-state index in [9.17, 15) is 5.11 Å². The van der Waals surface area contributed by atoms with Gasteiger partial charge < -0.3 is 9.84 Å². The lowest BCUT2D eigenvalue weighted by Gasteiger charge is -2.15. The van der Waals surface area contributed by atoms with Crippen LogP contribution in [0, 0.1) is 0 Å². The smallest absolute Gasteiger partial charge is 0.217 e. The molecule has 3 aromatic rings. The van der Waals surface area contributed by atoms with E-state index in [0.717, 1.165) is 22.1 Å². The molecule has 0 radical (unpaired) electrons. The van der Waals surface area contributed by atoms with Crippen molar-refractivity contribution in [1.82, 2.24) is 0 Å². The van der Waals surface area contributed by atoms with Crippen LogP contribution in [0.5, 0.6) is 0 Å². The van der Waals surface area contributed by atoms with Crippen LogP contribution in [0.2, 0.25) is 0 Å². The fourth-order valence-electron chi connectivity index (χ4n) is 3.03. The Hall–Kier alpha value is -2.17. The average molecular weight is 337 g/mol. The lowest BCUT2D eigenvalue weighted by Crippen LogP contribution is -2.17. The minimum absolute atomic E-state index is 0.220. The summed E-state index contributed by atoms with van der Waals surface area (Å²) in [7, 11) is 0. The van der Waals surface area contributed by atoms with E-state index in [4.69, 9.17) is 4.74 Å². The van der Waals surface area contributed by atoms with Crippen LogP contribution in [0.25, 0.3) is 10.1 Å². The van der Waals surface area contributed by atoms with Crippen LogP contribution >= 0.6 is 11.3 Å². The zero-order valence-corrected chi connectivity index (χ0v) is 14.5. The van der Waals surface area contributed by atoms with Crippen LogP contribution in [-0.2, 0) is 4.74 Å². The van der Waals surface area contributed by atoms with Crippen molar-refractivity contribution in [2.75, 3.05) is 6.61 Å². The Morgan fingerprint density at radius 3 is 2.62 bits per heavy atom. The highest BCUT2D eigenvalue weighted by atomic mass is 32.1. The van der Waals surface area contributed by atoms with E-state index in [1.807, 2.05) is 55.6 Å². The van der Waals surface area contributed by atoms with Crippen molar-refractivity contribution in [3.8, 4) is 0 Å². The van der Waals surface area contributed by atoms with Crippen molar-refractivity contribution in [2.45, 2.75) is 25.5 Å². The Kier molecular flexibility index (Phi) is 3.66. The maximum Gasteiger partial charge on any atom is 0.217 e. The first kappa shape index (κ1) is 15.4. The molecule has 4 heteroatoms. The van der Waals surface area contributed by atoms with Crippen LogP contribution in [0.4, 0.5) is 0 Å². The Balaban J connectivity index is 1.80. The summed E-state index contributed by atoms with van der Waals surface area (Å²) in [6.45, 7) is 4.66. The molecule has 1 aliphatic rings. The normalized spacial score (nSPS) is 17.5. The number of fused-ring (bicyclic) bond motifs is 1. The third-order valence-corrected chi connectivity index (χ3v) is 5.24. The number of aliphatic hydroxyl groups excluding tert-OH is 1. The van der Waals surface area contributed by atoms with Gasteiger partial charge in [0.15, 0.2) is 0 Å². The van der Waals surface area contributed by atoms with Gasteiger partial charge in [-0.25, -0.2) is 4.99 Å². The van der Waals surface area contributed by atoms with Crippen LogP contribution < -0.4 is 0 Å². The predicted octanol–water partition coefficient (Wildman–Crippen LogP) is 4.54.